The van der Waals surface area contributed by atoms with Crippen molar-refractivity contribution >= 4 is 141 Å². The van der Waals surface area contributed by atoms with Crippen LogP contribution in [0.4, 0.5) is 11.4 Å². The number of anilines is 2. The zero-order chi connectivity index (χ0) is 99.3. The van der Waals surface area contributed by atoms with Crippen LogP contribution in [-0.4, -0.2) is 48.9 Å². The third-order valence-corrected chi connectivity index (χ3v) is 30.1. The molecule has 2 aliphatic heterocycles. The van der Waals surface area contributed by atoms with Crippen LogP contribution in [0.5, 0.6) is 0 Å². The fourth-order valence-corrected chi connectivity index (χ4v) is 22.9. The molecule has 0 bridgehead atoms. The summed E-state index contributed by atoms with van der Waals surface area (Å²) < 4.78 is 0. The van der Waals surface area contributed by atoms with Crippen molar-refractivity contribution in [3.8, 4) is 78.5 Å². The average Bonchev–Trinajstić information content (AvgIpc) is 1.53. The van der Waals surface area contributed by atoms with Crippen molar-refractivity contribution in [1.29, 1.82) is 0 Å². The van der Waals surface area contributed by atoms with E-state index in [9.17, 15) is 0 Å². The Balaban J connectivity index is 0.000000108. The number of aryl methyl sites for hydroxylation is 1. The minimum absolute atomic E-state index is 0. The van der Waals surface area contributed by atoms with E-state index in [-0.39, 0.29) is 76.6 Å². The first-order chi connectivity index (χ1) is 71.9. The topological polar surface area (TPSA) is 91.5 Å². The molecule has 25 aromatic rings. The minimum Gasteiger partial charge on any atom is -0.574 e. The van der Waals surface area contributed by atoms with Gasteiger partial charge < -0.3 is 29.8 Å². The van der Waals surface area contributed by atoms with Gasteiger partial charge in [0.2, 0.25) is 0 Å². The van der Waals surface area contributed by atoms with E-state index >= 15 is 0 Å². The molecule has 0 atom stereocenters. The number of aromatic nitrogens is 6. The molecule has 5 aromatic heterocycles. The summed E-state index contributed by atoms with van der Waals surface area (Å²) in [5.74, 6) is 0. The van der Waals surface area contributed by atoms with Gasteiger partial charge in [-0.1, -0.05) is 355 Å². The summed E-state index contributed by atoms with van der Waals surface area (Å²) in [7, 11) is 4.00. The second kappa shape index (κ2) is 40.5. The van der Waals surface area contributed by atoms with Gasteiger partial charge in [0.05, 0.1) is 16.6 Å². The number of para-hydroxylation sites is 4. The molecule has 0 fully saturated rings. The molecule has 0 N–H and O–H groups in total. The molecule has 0 saturated heterocycles. The molecule has 0 unspecified atom stereocenters. The van der Waals surface area contributed by atoms with Gasteiger partial charge in [-0.2, -0.15) is 67.4 Å². The van der Waals surface area contributed by atoms with Gasteiger partial charge in [0.25, 0.3) is 0 Å². The molecule has 1 radical (unpaired) electrons. The summed E-state index contributed by atoms with van der Waals surface area (Å²) in [5, 5.41) is 34.9. The zero-order valence-electron chi connectivity index (χ0n) is 84.1. The van der Waals surface area contributed by atoms with Crippen molar-refractivity contribution in [2.75, 3.05) is 23.9 Å². The number of fused-ring (bicyclic) bond motifs is 32. The summed E-state index contributed by atoms with van der Waals surface area (Å²) in [6.07, 6.45) is 11.4. The van der Waals surface area contributed by atoms with E-state index in [0.717, 1.165) is 89.2 Å². The van der Waals surface area contributed by atoms with Crippen molar-refractivity contribution in [2.24, 2.45) is 0 Å². The fraction of sp³-hybridized carbons (Fsp3) is 0.0876. The van der Waals surface area contributed by atoms with Crippen LogP contribution >= 0.6 is 0 Å². The predicted molar refractivity (Wildman–Crippen MR) is 612 cm³/mol. The zero-order valence-corrected chi connectivity index (χ0v) is 91.3. The number of benzene rings is 20. The molecular formula is C137H100Ir3N10-2. The van der Waals surface area contributed by atoms with Gasteiger partial charge >= 0.3 is 40.2 Å². The Labute approximate surface area is 914 Å². The molecule has 0 amide bonds. The molecular weight excluding hydrogens is 2360 g/mol. The smallest absolute Gasteiger partial charge is 0.574 e. The van der Waals surface area contributed by atoms with Crippen LogP contribution in [-0.2, 0) is 76.6 Å². The summed E-state index contributed by atoms with van der Waals surface area (Å²) in [6, 6.07) is 157. The number of nitrogens with zero attached hydrogens (tertiary/aromatic N) is 10. The first-order valence-electron chi connectivity index (χ1n) is 50.2. The van der Waals surface area contributed by atoms with E-state index in [1.54, 1.807) is 12.4 Å². The van der Waals surface area contributed by atoms with Crippen molar-refractivity contribution in [3.05, 3.63) is 514 Å². The standard InChI is InChI=1S/3C36H24N.C11H12N2.C10H10N2.C8H6N3.3Ir/c1-36(2)32-19-23(35-18-16-22-9-3-8-14-34(22)37-35)15-17-28(32)31-20-29-26-12-6-4-10-24(26)25-11-5-7-13-27(25)30(29)21-33(31)36;2*1-36(2)31-19-15-23(33-20-16-22-9-3-8-14-32(22)37-33)21-30(31)29-18-17-28-26-12-5-4-10-24(26)25-11-6-7-13-27(25)34(28)35(29)36;1-10-3-5-11(6-4-10)13-8-7-12(2)9-13;1-11-7-8-12(9-11)10-5-3-2-4-6-10;1-2-5-9-7(3-1)8-4-6-10-11-8;;;/h3*3-14,16-21H,1-2H3;3-5,7-9H,1-2H3;2-5,7-9H,1H3;1-6H;;;/q3*-1;2*-2;-1;;2*+3. The van der Waals surface area contributed by atoms with Crippen molar-refractivity contribution in [1.82, 2.24) is 39.9 Å². The maximum absolute atomic E-state index is 4.96. The average molecular weight is 2460 g/mol. The van der Waals surface area contributed by atoms with Gasteiger partial charge in [-0.05, 0) is 250 Å². The SMILES string of the molecule is CC1(C)c2c[c-]c(-c3ccc4ccccc4n3)cc2-c2ccc3c4ccccc4c4ccccc4c3c21.CC1(C)c2c[c-]c(-c3ccc4ccccc4n3)cc2-c2ccc3c4ccccc4c4ccccc4c3c21.CC1(C)c2cc(-c3ccc4ccccc4n3)[c-]cc2-c2cc3c4ccccc4c4ccccc4c3cc21.CN1C=CN(c2[c-]cccc2)[CH-]1.Cc1c[c-]c(N2C=CN(C)[CH-]2)cc1.[Ir+3].[Ir+3].[Ir].c1ccc(-c2ccn[n-]2)nc1. The van der Waals surface area contributed by atoms with Crippen LogP contribution in [0.1, 0.15) is 80.5 Å². The number of hydrogen-bond donors (Lipinski definition) is 0. The fourth-order valence-electron chi connectivity index (χ4n) is 22.9. The monoisotopic (exact) mass is 2460 g/mol. The summed E-state index contributed by atoms with van der Waals surface area (Å²) >= 11 is 0. The van der Waals surface area contributed by atoms with Crippen molar-refractivity contribution in [3.63, 3.8) is 0 Å². The molecule has 10 nitrogen and oxygen atoms in total. The number of rotatable bonds is 6. The molecule has 0 saturated carbocycles. The maximum atomic E-state index is 4.96. The second-order valence-electron chi connectivity index (χ2n) is 40.2. The van der Waals surface area contributed by atoms with E-state index in [4.69, 9.17) is 15.0 Å². The molecule has 3 aliphatic carbocycles. The molecule has 727 valence electrons. The number of pyridine rings is 4. The summed E-state index contributed by atoms with van der Waals surface area (Å²) in [5.41, 5.74) is 29.8. The molecule has 13 heteroatoms. The van der Waals surface area contributed by atoms with Crippen LogP contribution in [0, 0.1) is 50.6 Å². The maximum Gasteiger partial charge on any atom is 3.00 e. The molecule has 5 aliphatic rings. The van der Waals surface area contributed by atoms with Crippen LogP contribution in [0.25, 0.3) is 208 Å². The van der Waals surface area contributed by atoms with E-state index in [0.29, 0.717) is 0 Å². The number of hydrogen-bond acceptors (Lipinski definition) is 9. The molecule has 7 heterocycles. The van der Waals surface area contributed by atoms with Crippen LogP contribution in [0.3, 0.4) is 0 Å². The van der Waals surface area contributed by atoms with Gasteiger partial charge in [0.1, 0.15) is 0 Å². The predicted octanol–water partition coefficient (Wildman–Crippen LogP) is 33.5. The van der Waals surface area contributed by atoms with E-state index in [1.165, 1.54) is 169 Å². The Morgan fingerprint density at radius 1 is 0.280 bits per heavy atom. The third kappa shape index (κ3) is 17.7. The quantitative estimate of drug-likeness (QED) is 0.118. The van der Waals surface area contributed by atoms with Crippen LogP contribution in [0.2, 0.25) is 0 Å². The summed E-state index contributed by atoms with van der Waals surface area (Å²) in [6.45, 7) is 20.2. The van der Waals surface area contributed by atoms with Gasteiger partial charge in [-0.3, -0.25) is 19.9 Å². The minimum atomic E-state index is -0.138. The first-order valence-corrected chi connectivity index (χ1v) is 50.2. The molecule has 20 aromatic carbocycles. The van der Waals surface area contributed by atoms with Gasteiger partial charge in [-0.25, -0.2) is 0 Å². The third-order valence-electron chi connectivity index (χ3n) is 30.1. The second-order valence-corrected chi connectivity index (χ2v) is 40.2. The Bertz CT molecular complexity index is 9250. The van der Waals surface area contributed by atoms with Crippen LogP contribution < -0.4 is 14.9 Å². The molecule has 0 spiro atoms. The van der Waals surface area contributed by atoms with Crippen molar-refractivity contribution < 1.29 is 60.3 Å². The Morgan fingerprint density at radius 3 is 1.07 bits per heavy atom. The van der Waals surface area contributed by atoms with Crippen LogP contribution in [0.15, 0.2) is 432 Å². The van der Waals surface area contributed by atoms with Gasteiger partial charge in [-0.15, -0.1) is 105 Å². The van der Waals surface area contributed by atoms with E-state index in [2.05, 4.69) is 415 Å². The van der Waals surface area contributed by atoms with Gasteiger partial charge in [0, 0.05) is 38.2 Å². The largest absolute Gasteiger partial charge is 3.00 e. The van der Waals surface area contributed by atoms with E-state index in [1.807, 2.05) is 145 Å². The van der Waals surface area contributed by atoms with E-state index < -0.39 is 0 Å². The van der Waals surface area contributed by atoms with Gasteiger partial charge in [0.15, 0.2) is 0 Å². The molecule has 150 heavy (non-hydrogen) atoms. The first kappa shape index (κ1) is 98.6. The normalized spacial score (nSPS) is 13.6. The van der Waals surface area contributed by atoms with Crippen molar-refractivity contribution in [2.45, 2.75) is 64.7 Å². The summed E-state index contributed by atoms with van der Waals surface area (Å²) in [4.78, 5) is 27.1. The Kier molecular flexibility index (Phi) is 26.7. The Morgan fingerprint density at radius 2 is 0.660 bits per heavy atom. The Hall–Kier alpha value is -16.0. The molecule has 30 rings (SSSR count).